The first-order valence-electron chi connectivity index (χ1n) is 6.64. The van der Waals surface area contributed by atoms with Crippen LogP contribution < -0.4 is 5.32 Å². The first-order valence-corrected chi connectivity index (χ1v) is 7.40. The Morgan fingerprint density at radius 3 is 2.19 bits per heavy atom. The maximum absolute atomic E-state index is 12.2. The van der Waals surface area contributed by atoms with Gasteiger partial charge in [0.1, 0.15) is 0 Å². The van der Waals surface area contributed by atoms with Gasteiger partial charge in [0.15, 0.2) is 0 Å². The van der Waals surface area contributed by atoms with Crippen LogP contribution in [0, 0.1) is 0 Å². The van der Waals surface area contributed by atoms with Crippen LogP contribution in [0.5, 0.6) is 0 Å². The summed E-state index contributed by atoms with van der Waals surface area (Å²) in [5, 5.41) is 3.68. The van der Waals surface area contributed by atoms with Crippen molar-refractivity contribution in [3.05, 3.63) is 63.6 Å². The Labute approximate surface area is 135 Å². The normalized spacial score (nSPS) is 11.3. The third kappa shape index (κ3) is 3.99. The molecule has 0 aliphatic heterocycles. The number of benzene rings is 2. The predicted octanol–water partition coefficient (Wildman–Crippen LogP) is 5.54. The number of carbonyl (C=O) groups is 1. The molecule has 2 aromatic rings. The van der Waals surface area contributed by atoms with E-state index in [-0.39, 0.29) is 11.3 Å². The topological polar surface area (TPSA) is 29.1 Å². The van der Waals surface area contributed by atoms with Crippen molar-refractivity contribution < 1.29 is 4.79 Å². The van der Waals surface area contributed by atoms with Crippen LogP contribution in [0.4, 0.5) is 5.69 Å². The Morgan fingerprint density at radius 1 is 1.00 bits per heavy atom. The van der Waals surface area contributed by atoms with Crippen molar-refractivity contribution in [1.82, 2.24) is 0 Å². The van der Waals surface area contributed by atoms with Gasteiger partial charge in [0.05, 0.1) is 10.6 Å². The third-order valence-corrected chi connectivity index (χ3v) is 3.75. The van der Waals surface area contributed by atoms with Crippen molar-refractivity contribution in [1.29, 1.82) is 0 Å². The summed E-state index contributed by atoms with van der Waals surface area (Å²) >= 11 is 11.9. The van der Waals surface area contributed by atoms with Crippen molar-refractivity contribution in [3.63, 3.8) is 0 Å². The van der Waals surface area contributed by atoms with Crippen LogP contribution in [0.25, 0.3) is 0 Å². The molecule has 0 saturated carbocycles. The van der Waals surface area contributed by atoms with Crippen LogP contribution >= 0.6 is 23.2 Å². The monoisotopic (exact) mass is 321 g/mol. The van der Waals surface area contributed by atoms with E-state index in [4.69, 9.17) is 23.2 Å². The van der Waals surface area contributed by atoms with Crippen molar-refractivity contribution in [2.75, 3.05) is 5.32 Å². The lowest BCUT2D eigenvalue weighted by molar-refractivity contribution is 0.102. The maximum Gasteiger partial charge on any atom is 0.257 e. The predicted molar refractivity (Wildman–Crippen MR) is 89.6 cm³/mol. The summed E-state index contributed by atoms with van der Waals surface area (Å²) < 4.78 is 0. The highest BCUT2D eigenvalue weighted by molar-refractivity contribution is 6.36. The van der Waals surface area contributed by atoms with Gasteiger partial charge in [-0.2, -0.15) is 0 Å². The van der Waals surface area contributed by atoms with Gasteiger partial charge in [0.2, 0.25) is 0 Å². The van der Waals surface area contributed by atoms with E-state index in [1.165, 1.54) is 5.56 Å². The lowest BCUT2D eigenvalue weighted by Crippen LogP contribution is -2.14. The highest BCUT2D eigenvalue weighted by Gasteiger charge is 2.14. The van der Waals surface area contributed by atoms with E-state index in [1.807, 2.05) is 24.3 Å². The number of carbonyl (C=O) groups excluding carboxylic acids is 1. The van der Waals surface area contributed by atoms with Gasteiger partial charge in [-0.1, -0.05) is 56.1 Å². The molecule has 2 nitrogen and oxygen atoms in total. The average molecular weight is 322 g/mol. The van der Waals surface area contributed by atoms with Crippen LogP contribution in [0.1, 0.15) is 36.7 Å². The largest absolute Gasteiger partial charge is 0.322 e. The summed E-state index contributed by atoms with van der Waals surface area (Å²) in [6, 6.07) is 12.6. The lowest BCUT2D eigenvalue weighted by Gasteiger charge is -2.19. The van der Waals surface area contributed by atoms with E-state index in [2.05, 4.69) is 26.1 Å². The van der Waals surface area contributed by atoms with Crippen LogP contribution in [0.3, 0.4) is 0 Å². The molecule has 0 spiro atoms. The molecule has 0 saturated heterocycles. The summed E-state index contributed by atoms with van der Waals surface area (Å²) in [7, 11) is 0. The van der Waals surface area contributed by atoms with Gasteiger partial charge in [-0.3, -0.25) is 4.79 Å². The zero-order valence-corrected chi connectivity index (χ0v) is 13.7. The highest BCUT2D eigenvalue weighted by Crippen LogP contribution is 2.25. The molecule has 0 aliphatic rings. The van der Waals surface area contributed by atoms with Gasteiger partial charge in [0.25, 0.3) is 5.91 Å². The molecule has 1 N–H and O–H groups in total. The average Bonchev–Trinajstić information content (AvgIpc) is 2.41. The Kier molecular flexibility index (Phi) is 4.60. The van der Waals surface area contributed by atoms with Crippen LogP contribution in [-0.4, -0.2) is 5.91 Å². The number of rotatable bonds is 2. The number of hydrogen-bond acceptors (Lipinski definition) is 1. The molecule has 0 bridgehead atoms. The SMILES string of the molecule is CC(C)(C)c1ccc(NC(=O)c2cc(Cl)ccc2Cl)cc1. The molecule has 0 heterocycles. The molecule has 0 aliphatic carbocycles. The summed E-state index contributed by atoms with van der Waals surface area (Å²) in [5.41, 5.74) is 2.38. The second-order valence-corrected chi connectivity index (χ2v) is 6.75. The van der Waals surface area contributed by atoms with E-state index < -0.39 is 0 Å². The molecule has 0 radical (unpaired) electrons. The number of halogens is 2. The molecule has 2 aromatic carbocycles. The number of hydrogen-bond donors (Lipinski definition) is 1. The fourth-order valence-corrected chi connectivity index (χ4v) is 2.30. The van der Waals surface area contributed by atoms with Gasteiger partial charge in [-0.05, 0) is 41.3 Å². The van der Waals surface area contributed by atoms with Gasteiger partial charge in [-0.25, -0.2) is 0 Å². The molecule has 2 rings (SSSR count). The van der Waals surface area contributed by atoms with Gasteiger partial charge < -0.3 is 5.32 Å². The Morgan fingerprint density at radius 2 is 1.62 bits per heavy atom. The molecule has 4 heteroatoms. The third-order valence-electron chi connectivity index (χ3n) is 3.18. The minimum atomic E-state index is -0.272. The highest BCUT2D eigenvalue weighted by atomic mass is 35.5. The summed E-state index contributed by atoms with van der Waals surface area (Å²) in [6.45, 7) is 6.44. The number of amides is 1. The second kappa shape index (κ2) is 6.08. The number of anilines is 1. The summed E-state index contributed by atoms with van der Waals surface area (Å²) in [5.74, 6) is -0.272. The molecule has 0 unspecified atom stereocenters. The van der Waals surface area contributed by atoms with Crippen molar-refractivity contribution in [3.8, 4) is 0 Å². The minimum Gasteiger partial charge on any atom is -0.322 e. The summed E-state index contributed by atoms with van der Waals surface area (Å²) in [6.07, 6.45) is 0. The van der Waals surface area contributed by atoms with Gasteiger partial charge in [-0.15, -0.1) is 0 Å². The van der Waals surface area contributed by atoms with Crippen molar-refractivity contribution in [2.45, 2.75) is 26.2 Å². The smallest absolute Gasteiger partial charge is 0.257 e. The maximum atomic E-state index is 12.2. The van der Waals surface area contributed by atoms with E-state index in [0.717, 1.165) is 5.69 Å². The zero-order chi connectivity index (χ0) is 15.6. The molecule has 21 heavy (non-hydrogen) atoms. The minimum absolute atomic E-state index is 0.0821. The molecule has 0 fully saturated rings. The van der Waals surface area contributed by atoms with Gasteiger partial charge >= 0.3 is 0 Å². The van der Waals surface area contributed by atoms with Crippen LogP contribution in [0.15, 0.2) is 42.5 Å². The fraction of sp³-hybridized carbons (Fsp3) is 0.235. The molecular weight excluding hydrogens is 305 g/mol. The van der Waals surface area contributed by atoms with E-state index in [9.17, 15) is 4.79 Å². The van der Waals surface area contributed by atoms with Crippen molar-refractivity contribution >= 4 is 34.8 Å². The second-order valence-electron chi connectivity index (χ2n) is 5.91. The van der Waals surface area contributed by atoms with E-state index >= 15 is 0 Å². The standard InChI is InChI=1S/C17H17Cl2NO/c1-17(2,3)11-4-7-13(8-5-11)20-16(21)14-10-12(18)6-9-15(14)19/h4-10H,1-3H3,(H,20,21). The fourth-order valence-electron chi connectivity index (χ4n) is 1.92. The zero-order valence-electron chi connectivity index (χ0n) is 12.2. The molecule has 0 atom stereocenters. The lowest BCUT2D eigenvalue weighted by atomic mass is 9.87. The first kappa shape index (κ1) is 15.9. The Balaban J connectivity index is 2.18. The Bertz CT molecular complexity index is 657. The van der Waals surface area contributed by atoms with Crippen LogP contribution in [-0.2, 0) is 5.41 Å². The van der Waals surface area contributed by atoms with Crippen LogP contribution in [0.2, 0.25) is 10.0 Å². The number of nitrogens with one attached hydrogen (secondary N) is 1. The summed E-state index contributed by atoms with van der Waals surface area (Å²) in [4.78, 5) is 12.2. The molecule has 110 valence electrons. The van der Waals surface area contributed by atoms with Gasteiger partial charge in [0, 0.05) is 10.7 Å². The van der Waals surface area contributed by atoms with E-state index in [0.29, 0.717) is 15.6 Å². The van der Waals surface area contributed by atoms with Crippen molar-refractivity contribution in [2.24, 2.45) is 0 Å². The molecular formula is C17H17Cl2NO. The quantitative estimate of drug-likeness (QED) is 0.772. The molecule has 0 aromatic heterocycles. The first-order chi connectivity index (χ1) is 9.77. The van der Waals surface area contributed by atoms with E-state index in [1.54, 1.807) is 18.2 Å². The molecule has 1 amide bonds. The Hall–Kier alpha value is -1.51.